The van der Waals surface area contributed by atoms with E-state index in [0.29, 0.717) is 12.2 Å². The summed E-state index contributed by atoms with van der Waals surface area (Å²) >= 11 is 0. The summed E-state index contributed by atoms with van der Waals surface area (Å²) in [5, 5.41) is 10.1. The van der Waals surface area contributed by atoms with Crippen molar-refractivity contribution in [2.75, 3.05) is 7.11 Å². The van der Waals surface area contributed by atoms with Crippen LogP contribution in [-0.4, -0.2) is 22.2 Å². The highest BCUT2D eigenvalue weighted by Crippen LogP contribution is 2.21. The zero-order valence-electron chi connectivity index (χ0n) is 10.3. The lowest BCUT2D eigenvalue weighted by atomic mass is 10.0. The lowest BCUT2D eigenvalue weighted by molar-refractivity contribution is 0.167. The third kappa shape index (κ3) is 3.28. The summed E-state index contributed by atoms with van der Waals surface area (Å²) in [6.45, 7) is 0. The summed E-state index contributed by atoms with van der Waals surface area (Å²) in [5.41, 5.74) is 1.95. The Kier molecular flexibility index (Phi) is 4.25. The van der Waals surface area contributed by atoms with Crippen molar-refractivity contribution < 1.29 is 9.84 Å². The molecule has 0 aliphatic carbocycles. The van der Waals surface area contributed by atoms with Crippen molar-refractivity contribution in [3.8, 4) is 5.75 Å². The number of aromatic nitrogens is 2. The molecule has 0 fully saturated rings. The number of aliphatic hydroxyl groups excluding tert-OH is 1. The molecule has 94 valence electrons. The second-order valence-corrected chi connectivity index (χ2v) is 4.07. The van der Waals surface area contributed by atoms with Crippen molar-refractivity contribution in [3.05, 3.63) is 54.1 Å². The number of methoxy groups -OCH3 is 1. The topological polar surface area (TPSA) is 55.2 Å². The van der Waals surface area contributed by atoms with E-state index in [4.69, 9.17) is 4.74 Å². The summed E-state index contributed by atoms with van der Waals surface area (Å²) in [6.07, 6.45) is 7.74. The normalized spacial score (nSPS) is 12.1. The van der Waals surface area contributed by atoms with E-state index in [-0.39, 0.29) is 0 Å². The molecule has 0 spiro atoms. The molecule has 1 unspecified atom stereocenters. The van der Waals surface area contributed by atoms with Gasteiger partial charge in [-0.05, 0) is 36.6 Å². The molecule has 2 aromatic rings. The highest BCUT2D eigenvalue weighted by atomic mass is 16.5. The van der Waals surface area contributed by atoms with Gasteiger partial charge in [0.1, 0.15) is 5.75 Å². The summed E-state index contributed by atoms with van der Waals surface area (Å²) in [6, 6.07) is 5.72. The van der Waals surface area contributed by atoms with E-state index in [2.05, 4.69) is 9.97 Å². The molecule has 0 radical (unpaired) electrons. The first-order valence-corrected chi connectivity index (χ1v) is 5.85. The van der Waals surface area contributed by atoms with E-state index in [1.807, 2.05) is 18.2 Å². The van der Waals surface area contributed by atoms with Gasteiger partial charge in [-0.15, -0.1) is 0 Å². The summed E-state index contributed by atoms with van der Waals surface area (Å²) in [4.78, 5) is 8.00. The molecule has 4 nitrogen and oxygen atoms in total. The third-order valence-corrected chi connectivity index (χ3v) is 2.81. The molecule has 0 saturated carbocycles. The van der Waals surface area contributed by atoms with Crippen molar-refractivity contribution in [3.63, 3.8) is 0 Å². The zero-order valence-corrected chi connectivity index (χ0v) is 10.3. The van der Waals surface area contributed by atoms with Gasteiger partial charge < -0.3 is 9.84 Å². The van der Waals surface area contributed by atoms with Crippen LogP contribution in [0.25, 0.3) is 0 Å². The van der Waals surface area contributed by atoms with Gasteiger partial charge in [-0.3, -0.25) is 9.97 Å². The molecule has 2 rings (SSSR count). The van der Waals surface area contributed by atoms with Gasteiger partial charge in [0, 0.05) is 24.2 Å². The first-order valence-electron chi connectivity index (χ1n) is 5.85. The van der Waals surface area contributed by atoms with E-state index in [9.17, 15) is 5.11 Å². The molecular weight excluding hydrogens is 228 g/mol. The fraction of sp³-hybridized carbons (Fsp3) is 0.286. The monoisotopic (exact) mass is 244 g/mol. The first kappa shape index (κ1) is 12.5. The molecule has 0 aliphatic rings. The zero-order chi connectivity index (χ0) is 12.8. The van der Waals surface area contributed by atoms with Crippen LogP contribution >= 0.6 is 0 Å². The Bertz CT molecular complexity index is 488. The Morgan fingerprint density at radius 3 is 2.72 bits per heavy atom. The van der Waals surface area contributed by atoms with Crippen molar-refractivity contribution in [1.82, 2.24) is 9.97 Å². The second-order valence-electron chi connectivity index (χ2n) is 4.07. The number of pyridine rings is 2. The number of nitrogens with zero attached hydrogens (tertiary/aromatic N) is 2. The molecule has 0 aliphatic heterocycles. The predicted octanol–water partition coefficient (Wildman–Crippen LogP) is 2.15. The van der Waals surface area contributed by atoms with E-state index < -0.39 is 6.10 Å². The summed E-state index contributed by atoms with van der Waals surface area (Å²) in [5.74, 6) is 0.662. The molecule has 1 N–H and O–H groups in total. The molecule has 1 atom stereocenters. The van der Waals surface area contributed by atoms with Crippen molar-refractivity contribution in [1.29, 1.82) is 0 Å². The standard InChI is InChI=1S/C14H16N2O2/c1-18-13-8-12(9-16-10-13)14(17)3-2-11-4-6-15-7-5-11/h4-10,14,17H,2-3H2,1H3. The fourth-order valence-electron chi connectivity index (χ4n) is 1.75. The number of ether oxygens (including phenoxy) is 1. The maximum Gasteiger partial charge on any atom is 0.137 e. The largest absolute Gasteiger partial charge is 0.495 e. The molecule has 2 aromatic heterocycles. The molecule has 18 heavy (non-hydrogen) atoms. The SMILES string of the molecule is COc1cncc(C(O)CCc2ccncc2)c1. The van der Waals surface area contributed by atoms with Crippen LogP contribution in [0.15, 0.2) is 43.0 Å². The van der Waals surface area contributed by atoms with Crippen molar-refractivity contribution >= 4 is 0 Å². The second kappa shape index (κ2) is 6.12. The fourth-order valence-corrected chi connectivity index (χ4v) is 1.75. The average molecular weight is 244 g/mol. The van der Waals surface area contributed by atoms with Crippen molar-refractivity contribution in [2.24, 2.45) is 0 Å². The molecule has 0 bridgehead atoms. The number of rotatable bonds is 5. The van der Waals surface area contributed by atoms with Crippen LogP contribution in [0.5, 0.6) is 5.75 Å². The lowest BCUT2D eigenvalue weighted by Crippen LogP contribution is -2.01. The highest BCUT2D eigenvalue weighted by Gasteiger charge is 2.09. The van der Waals surface area contributed by atoms with E-state index in [1.54, 1.807) is 31.9 Å². The molecule has 4 heteroatoms. The number of aliphatic hydroxyl groups is 1. The minimum absolute atomic E-state index is 0.527. The van der Waals surface area contributed by atoms with Gasteiger partial charge in [0.25, 0.3) is 0 Å². The molecule has 0 saturated heterocycles. The maximum atomic E-state index is 10.1. The smallest absolute Gasteiger partial charge is 0.137 e. The van der Waals surface area contributed by atoms with Gasteiger partial charge >= 0.3 is 0 Å². The average Bonchev–Trinajstić information content (AvgIpc) is 2.46. The molecule has 2 heterocycles. The van der Waals surface area contributed by atoms with E-state index >= 15 is 0 Å². The number of hydrogen-bond donors (Lipinski definition) is 1. The Labute approximate surface area is 106 Å². The van der Waals surface area contributed by atoms with Crippen LogP contribution in [0, 0.1) is 0 Å². The lowest BCUT2D eigenvalue weighted by Gasteiger charge is -2.11. The van der Waals surface area contributed by atoms with Crippen LogP contribution in [0.1, 0.15) is 23.7 Å². The van der Waals surface area contributed by atoms with E-state index in [0.717, 1.165) is 12.0 Å². The third-order valence-electron chi connectivity index (χ3n) is 2.81. The van der Waals surface area contributed by atoms with Crippen LogP contribution in [0.2, 0.25) is 0 Å². The molecule has 0 amide bonds. The Morgan fingerprint density at radius 1 is 1.22 bits per heavy atom. The van der Waals surface area contributed by atoms with E-state index in [1.165, 1.54) is 5.56 Å². The van der Waals surface area contributed by atoms with Gasteiger partial charge in [-0.2, -0.15) is 0 Å². The van der Waals surface area contributed by atoms with Gasteiger partial charge in [0.05, 0.1) is 19.4 Å². The van der Waals surface area contributed by atoms with Gasteiger partial charge in [0.15, 0.2) is 0 Å². The predicted molar refractivity (Wildman–Crippen MR) is 68.3 cm³/mol. The quantitative estimate of drug-likeness (QED) is 0.875. The summed E-state index contributed by atoms with van der Waals surface area (Å²) < 4.78 is 5.09. The Balaban J connectivity index is 1.97. The van der Waals surface area contributed by atoms with Crippen LogP contribution in [0.4, 0.5) is 0 Å². The number of hydrogen-bond acceptors (Lipinski definition) is 4. The minimum Gasteiger partial charge on any atom is -0.495 e. The summed E-state index contributed by atoms with van der Waals surface area (Å²) in [7, 11) is 1.59. The van der Waals surface area contributed by atoms with Crippen molar-refractivity contribution in [2.45, 2.75) is 18.9 Å². The highest BCUT2D eigenvalue weighted by molar-refractivity contribution is 5.25. The molecule has 0 aromatic carbocycles. The maximum absolute atomic E-state index is 10.1. The van der Waals surface area contributed by atoms with Crippen LogP contribution in [-0.2, 0) is 6.42 Å². The van der Waals surface area contributed by atoms with Crippen LogP contribution < -0.4 is 4.74 Å². The van der Waals surface area contributed by atoms with Gasteiger partial charge in [-0.1, -0.05) is 0 Å². The van der Waals surface area contributed by atoms with Crippen LogP contribution in [0.3, 0.4) is 0 Å². The Morgan fingerprint density at radius 2 is 2.00 bits per heavy atom. The Hall–Kier alpha value is -1.94. The number of aryl methyl sites for hydroxylation is 1. The molecular formula is C14H16N2O2. The minimum atomic E-state index is -0.527. The van der Waals surface area contributed by atoms with Gasteiger partial charge in [0.2, 0.25) is 0 Å². The van der Waals surface area contributed by atoms with Gasteiger partial charge in [-0.25, -0.2) is 0 Å². The first-order chi connectivity index (χ1) is 8.79.